The number of benzene rings is 2. The molecule has 0 aliphatic rings. The number of halogens is 6. The number of alkyl halides is 6. The van der Waals surface area contributed by atoms with Gasteiger partial charge in [0.1, 0.15) is 0 Å². The Morgan fingerprint density at radius 3 is 1.73 bits per heavy atom. The Hall–Kier alpha value is -2.49. The second-order valence-corrected chi connectivity index (χ2v) is 4.45. The van der Waals surface area contributed by atoms with E-state index in [9.17, 15) is 26.3 Å². The fraction of sp³-hybridized carbons (Fsp3) is 0.133. The number of rotatable bonds is 1. The Kier molecular flexibility index (Phi) is 3.88. The van der Waals surface area contributed by atoms with Gasteiger partial charge in [0.25, 0.3) is 0 Å². The lowest BCUT2D eigenvalue weighted by Gasteiger charge is -2.14. The highest BCUT2D eigenvalue weighted by Crippen LogP contribution is 2.39. The molecule has 7 heteroatoms. The average Bonchev–Trinajstić information content (AvgIpc) is 2.45. The van der Waals surface area contributed by atoms with E-state index in [2.05, 4.69) is 0 Å². The summed E-state index contributed by atoms with van der Waals surface area (Å²) in [5.41, 5.74) is -3.12. The molecule has 0 N–H and O–H groups in total. The topological polar surface area (TPSA) is 23.8 Å². The van der Waals surface area contributed by atoms with Crippen LogP contribution in [-0.4, -0.2) is 0 Å². The highest BCUT2D eigenvalue weighted by atomic mass is 19.4. The lowest BCUT2D eigenvalue weighted by atomic mass is 9.96. The Morgan fingerprint density at radius 2 is 1.27 bits per heavy atom. The van der Waals surface area contributed by atoms with Gasteiger partial charge in [0, 0.05) is 0 Å². The molecule has 2 aromatic rings. The highest BCUT2D eigenvalue weighted by molar-refractivity contribution is 5.71. The normalized spacial score (nSPS) is 12.0. The molecule has 0 amide bonds. The van der Waals surface area contributed by atoms with Crippen molar-refractivity contribution in [3.8, 4) is 17.2 Å². The summed E-state index contributed by atoms with van der Waals surface area (Å²) >= 11 is 0. The number of nitriles is 1. The molecule has 0 aliphatic heterocycles. The summed E-state index contributed by atoms with van der Waals surface area (Å²) in [5, 5.41) is 8.94. The average molecular weight is 315 g/mol. The third-order valence-electron chi connectivity index (χ3n) is 2.95. The Bertz CT molecular complexity index is 705. The van der Waals surface area contributed by atoms with Crippen molar-refractivity contribution in [1.82, 2.24) is 0 Å². The summed E-state index contributed by atoms with van der Waals surface area (Å²) in [4.78, 5) is 0. The molecule has 0 fully saturated rings. The minimum atomic E-state index is -4.92. The van der Waals surface area contributed by atoms with Crippen LogP contribution < -0.4 is 0 Å². The van der Waals surface area contributed by atoms with Crippen LogP contribution in [0.15, 0.2) is 42.5 Å². The summed E-state index contributed by atoms with van der Waals surface area (Å²) < 4.78 is 76.8. The van der Waals surface area contributed by atoms with E-state index in [0.29, 0.717) is 12.1 Å². The molecule has 0 aromatic heterocycles. The van der Waals surface area contributed by atoms with Gasteiger partial charge in [0.05, 0.1) is 22.8 Å². The van der Waals surface area contributed by atoms with Gasteiger partial charge in [0.2, 0.25) is 0 Å². The smallest absolute Gasteiger partial charge is 0.192 e. The summed E-state index contributed by atoms with van der Waals surface area (Å²) in [5.74, 6) is 0. The summed E-state index contributed by atoms with van der Waals surface area (Å²) in [6, 6.07) is 8.54. The second kappa shape index (κ2) is 5.37. The molecular weight excluding hydrogens is 308 g/mol. The quantitative estimate of drug-likeness (QED) is 0.658. The van der Waals surface area contributed by atoms with Crippen molar-refractivity contribution in [3.63, 3.8) is 0 Å². The second-order valence-electron chi connectivity index (χ2n) is 4.45. The lowest BCUT2D eigenvalue weighted by Crippen LogP contribution is -2.11. The van der Waals surface area contributed by atoms with Crippen molar-refractivity contribution in [1.29, 1.82) is 5.26 Å². The summed E-state index contributed by atoms with van der Waals surface area (Å²) in [7, 11) is 0. The molecule has 2 aromatic carbocycles. The van der Waals surface area contributed by atoms with Gasteiger partial charge in [-0.2, -0.15) is 31.6 Å². The number of hydrogen-bond acceptors (Lipinski definition) is 1. The molecule has 0 atom stereocenters. The monoisotopic (exact) mass is 315 g/mol. The lowest BCUT2D eigenvalue weighted by molar-refractivity contribution is -0.143. The van der Waals surface area contributed by atoms with Crippen LogP contribution in [0.2, 0.25) is 0 Å². The molecule has 0 aliphatic carbocycles. The van der Waals surface area contributed by atoms with Gasteiger partial charge in [-0.05, 0) is 35.4 Å². The van der Waals surface area contributed by atoms with E-state index >= 15 is 0 Å². The predicted octanol–water partition coefficient (Wildman–Crippen LogP) is 5.26. The van der Waals surface area contributed by atoms with Crippen LogP contribution in [0.1, 0.15) is 16.7 Å². The Labute approximate surface area is 121 Å². The van der Waals surface area contributed by atoms with Crippen LogP contribution in [-0.2, 0) is 12.4 Å². The van der Waals surface area contributed by atoms with Gasteiger partial charge in [-0.1, -0.05) is 18.2 Å². The van der Waals surface area contributed by atoms with E-state index in [-0.39, 0.29) is 22.8 Å². The zero-order valence-corrected chi connectivity index (χ0v) is 10.8. The molecule has 0 bridgehead atoms. The fourth-order valence-electron chi connectivity index (χ4n) is 1.94. The van der Waals surface area contributed by atoms with Gasteiger partial charge >= 0.3 is 12.4 Å². The first-order valence-corrected chi connectivity index (χ1v) is 5.92. The van der Waals surface area contributed by atoms with Gasteiger partial charge in [-0.25, -0.2) is 0 Å². The minimum absolute atomic E-state index is 0.00468. The van der Waals surface area contributed by atoms with E-state index in [1.54, 1.807) is 6.07 Å². The number of hydrogen-bond donors (Lipinski definition) is 0. The third kappa shape index (κ3) is 3.22. The van der Waals surface area contributed by atoms with Crippen LogP contribution >= 0.6 is 0 Å². The molecule has 1 nitrogen and oxygen atoms in total. The molecule has 0 spiro atoms. The zero-order valence-electron chi connectivity index (χ0n) is 10.8. The van der Waals surface area contributed by atoms with Crippen molar-refractivity contribution < 1.29 is 26.3 Å². The molecule has 0 heterocycles. The maximum atomic E-state index is 12.8. The first-order chi connectivity index (χ1) is 10.1. The molecule has 0 saturated carbocycles. The molecule has 114 valence electrons. The van der Waals surface area contributed by atoms with Crippen LogP contribution in [0.4, 0.5) is 26.3 Å². The molecule has 0 unspecified atom stereocenters. The molecule has 0 saturated heterocycles. The highest BCUT2D eigenvalue weighted by Gasteiger charge is 2.37. The van der Waals surface area contributed by atoms with Crippen LogP contribution in [0.5, 0.6) is 0 Å². The SMILES string of the molecule is N#Cc1ccccc1-c1cc(C(F)(F)F)cc(C(F)(F)F)c1. The van der Waals surface area contributed by atoms with E-state index in [4.69, 9.17) is 5.26 Å². The predicted molar refractivity (Wildman–Crippen MR) is 66.6 cm³/mol. The van der Waals surface area contributed by atoms with Crippen molar-refractivity contribution in [2.24, 2.45) is 0 Å². The van der Waals surface area contributed by atoms with E-state index in [0.717, 1.165) is 0 Å². The van der Waals surface area contributed by atoms with E-state index in [1.165, 1.54) is 24.3 Å². The van der Waals surface area contributed by atoms with Gasteiger partial charge < -0.3 is 0 Å². The van der Waals surface area contributed by atoms with Crippen LogP contribution in [0.25, 0.3) is 11.1 Å². The van der Waals surface area contributed by atoms with Crippen molar-refractivity contribution >= 4 is 0 Å². The summed E-state index contributed by atoms with van der Waals surface area (Å²) in [6.45, 7) is 0. The third-order valence-corrected chi connectivity index (χ3v) is 2.95. The zero-order chi connectivity index (χ0) is 16.5. The number of nitrogens with zero attached hydrogens (tertiary/aromatic N) is 1. The standard InChI is InChI=1S/C15H7F6N/c16-14(17,18)11-5-10(6-12(7-11)15(19,20)21)13-4-2-1-3-9(13)8-22/h1-7H. The van der Waals surface area contributed by atoms with Gasteiger partial charge in [-0.3, -0.25) is 0 Å². The molecule has 2 rings (SSSR count). The molecule has 22 heavy (non-hydrogen) atoms. The maximum absolute atomic E-state index is 12.8. The minimum Gasteiger partial charge on any atom is -0.192 e. The largest absolute Gasteiger partial charge is 0.416 e. The van der Waals surface area contributed by atoms with Crippen molar-refractivity contribution in [3.05, 3.63) is 59.2 Å². The van der Waals surface area contributed by atoms with Gasteiger partial charge in [-0.15, -0.1) is 0 Å². The Balaban J connectivity index is 2.74. The Morgan fingerprint density at radius 1 is 0.773 bits per heavy atom. The molecular formula is C15H7F6N. The van der Waals surface area contributed by atoms with Crippen LogP contribution in [0.3, 0.4) is 0 Å². The van der Waals surface area contributed by atoms with Crippen molar-refractivity contribution in [2.45, 2.75) is 12.4 Å². The van der Waals surface area contributed by atoms with E-state index < -0.39 is 23.5 Å². The maximum Gasteiger partial charge on any atom is 0.416 e. The van der Waals surface area contributed by atoms with Crippen LogP contribution in [0, 0.1) is 11.3 Å². The van der Waals surface area contributed by atoms with Gasteiger partial charge in [0.15, 0.2) is 0 Å². The molecule has 0 radical (unpaired) electrons. The first-order valence-electron chi connectivity index (χ1n) is 5.92. The van der Waals surface area contributed by atoms with Crippen molar-refractivity contribution in [2.75, 3.05) is 0 Å². The first kappa shape index (κ1) is 15.9. The fourth-order valence-corrected chi connectivity index (χ4v) is 1.94. The summed E-state index contributed by atoms with van der Waals surface area (Å²) in [6.07, 6.45) is -9.84. The van der Waals surface area contributed by atoms with E-state index in [1.807, 2.05) is 0 Å².